The third-order valence-electron chi connectivity index (χ3n) is 4.88. The van der Waals surface area contributed by atoms with Gasteiger partial charge in [-0.15, -0.1) is 24.0 Å². The summed E-state index contributed by atoms with van der Waals surface area (Å²) in [7, 11) is 6.07. The summed E-state index contributed by atoms with van der Waals surface area (Å²) in [5, 5.41) is 7.01. The molecule has 0 spiro atoms. The lowest BCUT2D eigenvalue weighted by atomic mass is 10.1. The number of hydrogen-bond donors (Lipinski definition) is 2. The predicted molar refractivity (Wildman–Crippen MR) is 129 cm³/mol. The zero-order chi connectivity index (χ0) is 19.4. The van der Waals surface area contributed by atoms with E-state index in [-0.39, 0.29) is 24.0 Å². The van der Waals surface area contributed by atoms with Gasteiger partial charge in [-0.25, -0.2) is 0 Å². The van der Waals surface area contributed by atoms with Crippen molar-refractivity contribution in [3.8, 4) is 0 Å². The zero-order valence-electron chi connectivity index (χ0n) is 18.0. The summed E-state index contributed by atoms with van der Waals surface area (Å²) >= 11 is 0. The highest BCUT2D eigenvalue weighted by Gasteiger charge is 2.15. The molecule has 2 atom stereocenters. The van der Waals surface area contributed by atoms with Crippen molar-refractivity contribution in [1.29, 1.82) is 0 Å². The fraction of sp³-hybridized carbons (Fsp3) is 0.667. The molecule has 5 nitrogen and oxygen atoms in total. The van der Waals surface area contributed by atoms with Gasteiger partial charge in [0.1, 0.15) is 0 Å². The zero-order valence-corrected chi connectivity index (χ0v) is 20.4. The first-order valence-corrected chi connectivity index (χ1v) is 9.92. The molecule has 2 N–H and O–H groups in total. The number of nitrogens with zero attached hydrogens (tertiary/aromatic N) is 3. The highest BCUT2D eigenvalue weighted by Crippen LogP contribution is 2.16. The molecule has 2 unspecified atom stereocenters. The summed E-state index contributed by atoms with van der Waals surface area (Å²) in [5.74, 6) is 0.878. The minimum Gasteiger partial charge on any atom is -0.354 e. The van der Waals surface area contributed by atoms with Crippen LogP contribution in [0.25, 0.3) is 0 Å². The number of nitrogens with one attached hydrogen (secondary N) is 2. The average Bonchev–Trinajstić information content (AvgIpc) is 2.65. The van der Waals surface area contributed by atoms with Crippen LogP contribution in [0.5, 0.6) is 0 Å². The number of guanidine groups is 1. The molecule has 156 valence electrons. The normalized spacial score (nSPS) is 14.0. The lowest BCUT2D eigenvalue weighted by Gasteiger charge is -2.27. The van der Waals surface area contributed by atoms with Gasteiger partial charge in [0.15, 0.2) is 5.96 Å². The average molecular weight is 489 g/mol. The van der Waals surface area contributed by atoms with E-state index >= 15 is 0 Å². The number of benzene rings is 1. The minimum atomic E-state index is 0. The Bertz CT molecular complexity index is 503. The van der Waals surface area contributed by atoms with Crippen LogP contribution in [0.4, 0.5) is 0 Å². The standard InChI is InChI=1S/C21H39N5.HI/c1-7-26(8-2)16-12-13-18(3)24-21(22-4)23-17-20(25(5)6)19-14-10-9-11-15-19;/h9-11,14-15,18,20H,7-8,12-13,16-17H2,1-6H3,(H2,22,23,24);1H. The molecule has 0 aliphatic rings. The van der Waals surface area contributed by atoms with Crippen molar-refractivity contribution in [2.45, 2.75) is 45.7 Å². The molecule has 0 saturated carbocycles. The van der Waals surface area contributed by atoms with E-state index < -0.39 is 0 Å². The fourth-order valence-electron chi connectivity index (χ4n) is 3.13. The number of aliphatic imine (C=N–C) groups is 1. The Morgan fingerprint density at radius 3 is 2.26 bits per heavy atom. The molecule has 1 aromatic rings. The molecule has 1 aromatic carbocycles. The molecule has 6 heteroatoms. The van der Waals surface area contributed by atoms with Crippen molar-refractivity contribution in [3.63, 3.8) is 0 Å². The molecule has 0 aromatic heterocycles. The van der Waals surface area contributed by atoms with Crippen LogP contribution in [-0.2, 0) is 0 Å². The molecule has 1 rings (SSSR count). The second-order valence-corrected chi connectivity index (χ2v) is 7.06. The Hall–Kier alpha value is -0.860. The van der Waals surface area contributed by atoms with Crippen LogP contribution in [0.3, 0.4) is 0 Å². The van der Waals surface area contributed by atoms with E-state index in [1.54, 1.807) is 0 Å². The van der Waals surface area contributed by atoms with Crippen LogP contribution >= 0.6 is 24.0 Å². The number of rotatable bonds is 11. The largest absolute Gasteiger partial charge is 0.354 e. The van der Waals surface area contributed by atoms with Crippen LogP contribution in [0, 0.1) is 0 Å². The molecule has 0 amide bonds. The van der Waals surface area contributed by atoms with Gasteiger partial charge < -0.3 is 20.4 Å². The maximum Gasteiger partial charge on any atom is 0.191 e. The quantitative estimate of drug-likeness (QED) is 0.283. The van der Waals surface area contributed by atoms with E-state index in [9.17, 15) is 0 Å². The van der Waals surface area contributed by atoms with E-state index in [4.69, 9.17) is 0 Å². The second kappa shape index (κ2) is 15.1. The van der Waals surface area contributed by atoms with Crippen molar-refractivity contribution in [1.82, 2.24) is 20.4 Å². The first-order valence-electron chi connectivity index (χ1n) is 9.92. The van der Waals surface area contributed by atoms with Gasteiger partial charge in [0.25, 0.3) is 0 Å². The highest BCUT2D eigenvalue weighted by atomic mass is 127. The van der Waals surface area contributed by atoms with Crippen molar-refractivity contribution >= 4 is 29.9 Å². The van der Waals surface area contributed by atoms with E-state index in [0.29, 0.717) is 12.1 Å². The van der Waals surface area contributed by atoms with Gasteiger partial charge in [0.2, 0.25) is 0 Å². The topological polar surface area (TPSA) is 42.9 Å². The first kappa shape index (κ1) is 26.1. The van der Waals surface area contributed by atoms with Crippen LogP contribution in [-0.4, -0.2) is 69.1 Å². The van der Waals surface area contributed by atoms with Crippen LogP contribution in [0.15, 0.2) is 35.3 Å². The van der Waals surface area contributed by atoms with Crippen molar-refractivity contribution in [2.24, 2.45) is 4.99 Å². The van der Waals surface area contributed by atoms with Gasteiger partial charge in [-0.3, -0.25) is 4.99 Å². The Morgan fingerprint density at radius 2 is 1.74 bits per heavy atom. The van der Waals surface area contributed by atoms with E-state index in [2.05, 4.69) is 90.6 Å². The summed E-state index contributed by atoms with van der Waals surface area (Å²) in [6, 6.07) is 11.3. The van der Waals surface area contributed by atoms with Crippen molar-refractivity contribution < 1.29 is 0 Å². The summed E-state index contributed by atoms with van der Waals surface area (Å²) < 4.78 is 0. The summed E-state index contributed by atoms with van der Waals surface area (Å²) in [4.78, 5) is 9.11. The fourth-order valence-corrected chi connectivity index (χ4v) is 3.13. The first-order chi connectivity index (χ1) is 12.5. The van der Waals surface area contributed by atoms with Gasteiger partial charge in [-0.05, 0) is 59.1 Å². The SMILES string of the molecule is CCN(CC)CCCC(C)NC(=NC)NCC(c1ccccc1)N(C)C.I. The van der Waals surface area contributed by atoms with Gasteiger partial charge >= 0.3 is 0 Å². The predicted octanol–water partition coefficient (Wildman–Crippen LogP) is 3.58. The van der Waals surface area contributed by atoms with Gasteiger partial charge in [0.05, 0.1) is 6.04 Å². The molecule has 0 aliphatic carbocycles. The molecule has 27 heavy (non-hydrogen) atoms. The third-order valence-corrected chi connectivity index (χ3v) is 4.88. The number of likely N-dealkylation sites (N-methyl/N-ethyl adjacent to an activating group) is 1. The minimum absolute atomic E-state index is 0. The Balaban J connectivity index is 0.00000676. The Kier molecular flexibility index (Phi) is 14.6. The second-order valence-electron chi connectivity index (χ2n) is 7.06. The van der Waals surface area contributed by atoms with Gasteiger partial charge in [-0.2, -0.15) is 0 Å². The molecule has 0 radical (unpaired) electrons. The van der Waals surface area contributed by atoms with Crippen LogP contribution < -0.4 is 10.6 Å². The van der Waals surface area contributed by atoms with E-state index in [1.165, 1.54) is 18.5 Å². The third kappa shape index (κ3) is 10.3. The molecule has 0 saturated heterocycles. The molecular formula is C21H40IN5. The lowest BCUT2D eigenvalue weighted by Crippen LogP contribution is -2.45. The number of hydrogen-bond acceptors (Lipinski definition) is 3. The summed E-state index contributed by atoms with van der Waals surface area (Å²) in [6.07, 6.45) is 2.35. The maximum absolute atomic E-state index is 4.39. The van der Waals surface area contributed by atoms with Crippen molar-refractivity contribution in [3.05, 3.63) is 35.9 Å². The van der Waals surface area contributed by atoms with Crippen LogP contribution in [0.1, 0.15) is 45.2 Å². The van der Waals surface area contributed by atoms with E-state index in [0.717, 1.165) is 32.0 Å². The molecule has 0 heterocycles. The summed E-state index contributed by atoms with van der Waals surface area (Å²) in [5.41, 5.74) is 1.31. The van der Waals surface area contributed by atoms with Gasteiger partial charge in [0, 0.05) is 19.6 Å². The maximum atomic E-state index is 4.39. The monoisotopic (exact) mass is 489 g/mol. The van der Waals surface area contributed by atoms with Crippen molar-refractivity contribution in [2.75, 3.05) is 47.3 Å². The number of halogens is 1. The Labute approximate surface area is 184 Å². The van der Waals surface area contributed by atoms with Crippen LogP contribution in [0.2, 0.25) is 0 Å². The highest BCUT2D eigenvalue weighted by molar-refractivity contribution is 14.0. The molecular weight excluding hydrogens is 449 g/mol. The van der Waals surface area contributed by atoms with Gasteiger partial charge in [-0.1, -0.05) is 44.2 Å². The lowest BCUT2D eigenvalue weighted by molar-refractivity contribution is 0.291. The smallest absolute Gasteiger partial charge is 0.191 e. The molecule has 0 aliphatic heterocycles. The Morgan fingerprint density at radius 1 is 1.11 bits per heavy atom. The summed E-state index contributed by atoms with van der Waals surface area (Å²) in [6.45, 7) is 10.9. The molecule has 0 bridgehead atoms. The molecule has 0 fully saturated rings. The van der Waals surface area contributed by atoms with E-state index in [1.807, 2.05) is 7.05 Å².